The van der Waals surface area contributed by atoms with Gasteiger partial charge >= 0.3 is 0 Å². The molecule has 28 heavy (non-hydrogen) atoms. The van der Waals surface area contributed by atoms with Gasteiger partial charge in [-0.3, -0.25) is 4.79 Å². The van der Waals surface area contributed by atoms with Crippen LogP contribution in [0.2, 0.25) is 0 Å². The van der Waals surface area contributed by atoms with Gasteiger partial charge in [-0.05, 0) is 26.0 Å². The zero-order valence-electron chi connectivity index (χ0n) is 17.5. The Morgan fingerprint density at radius 1 is 0.571 bits per heavy atom. The van der Waals surface area contributed by atoms with E-state index in [-0.39, 0.29) is 5.78 Å². The van der Waals surface area contributed by atoms with Crippen molar-refractivity contribution < 1.29 is 33.2 Å². The second kappa shape index (κ2) is 8.73. The molecule has 0 heterocycles. The highest BCUT2D eigenvalue weighted by molar-refractivity contribution is 6.12. The van der Waals surface area contributed by atoms with E-state index < -0.39 is 0 Å². The quantitative estimate of drug-likeness (QED) is 0.638. The van der Waals surface area contributed by atoms with Crippen LogP contribution in [0.3, 0.4) is 0 Å². The van der Waals surface area contributed by atoms with Gasteiger partial charge in [0.2, 0.25) is 11.5 Å². The van der Waals surface area contributed by atoms with Crippen LogP contribution < -0.4 is 28.4 Å². The van der Waals surface area contributed by atoms with Gasteiger partial charge in [-0.25, -0.2) is 0 Å². The molecule has 2 rings (SSSR count). The fourth-order valence-corrected chi connectivity index (χ4v) is 3.22. The van der Waals surface area contributed by atoms with Gasteiger partial charge in [0, 0.05) is 22.3 Å². The summed E-state index contributed by atoms with van der Waals surface area (Å²) >= 11 is 0. The van der Waals surface area contributed by atoms with Crippen molar-refractivity contribution in [2.24, 2.45) is 0 Å². The van der Waals surface area contributed by atoms with Gasteiger partial charge in [-0.15, -0.1) is 0 Å². The molecule has 152 valence electrons. The first kappa shape index (κ1) is 21.2. The van der Waals surface area contributed by atoms with Crippen LogP contribution >= 0.6 is 0 Å². The lowest BCUT2D eigenvalue weighted by molar-refractivity contribution is 0.103. The largest absolute Gasteiger partial charge is 0.493 e. The first-order valence-electron chi connectivity index (χ1n) is 8.53. The van der Waals surface area contributed by atoms with Gasteiger partial charge in [-0.2, -0.15) is 0 Å². The average molecular weight is 390 g/mol. The third-order valence-electron chi connectivity index (χ3n) is 4.65. The molecule has 0 radical (unpaired) electrons. The van der Waals surface area contributed by atoms with Gasteiger partial charge in [-0.1, -0.05) is 0 Å². The number of rotatable bonds is 8. The van der Waals surface area contributed by atoms with Crippen molar-refractivity contribution >= 4 is 5.78 Å². The zero-order chi connectivity index (χ0) is 21.0. The van der Waals surface area contributed by atoms with Gasteiger partial charge < -0.3 is 28.4 Å². The standard InChI is InChI=1S/C21H26O7/c1-11-13(9-15(23-3)20(27-7)18(11)25-5)17(22)14-10-16(24-4)21(28-8)19(26-6)12(14)2/h9-10H,1-8H3. The van der Waals surface area contributed by atoms with Crippen LogP contribution in [0.1, 0.15) is 27.0 Å². The highest BCUT2D eigenvalue weighted by atomic mass is 16.5. The Morgan fingerprint density at radius 2 is 0.893 bits per heavy atom. The number of benzene rings is 2. The Morgan fingerprint density at radius 3 is 1.14 bits per heavy atom. The fourth-order valence-electron chi connectivity index (χ4n) is 3.22. The first-order chi connectivity index (χ1) is 13.4. The summed E-state index contributed by atoms with van der Waals surface area (Å²) in [5.74, 6) is 2.32. The number of carbonyl (C=O) groups excluding carboxylic acids is 1. The summed E-state index contributed by atoms with van der Waals surface area (Å²) in [6.45, 7) is 3.59. The van der Waals surface area contributed by atoms with Crippen LogP contribution in [0.4, 0.5) is 0 Å². The maximum absolute atomic E-state index is 13.5. The minimum absolute atomic E-state index is 0.228. The Hall–Kier alpha value is -3.09. The number of hydrogen-bond donors (Lipinski definition) is 0. The molecule has 7 nitrogen and oxygen atoms in total. The molecule has 0 fully saturated rings. The number of ketones is 1. The molecule has 2 aromatic rings. The number of ether oxygens (including phenoxy) is 6. The van der Waals surface area contributed by atoms with Crippen molar-refractivity contribution in [1.29, 1.82) is 0 Å². The van der Waals surface area contributed by atoms with E-state index in [0.29, 0.717) is 56.8 Å². The lowest BCUT2D eigenvalue weighted by atomic mass is 9.93. The molecule has 0 aromatic heterocycles. The number of methoxy groups -OCH3 is 6. The first-order valence-corrected chi connectivity index (χ1v) is 8.53. The third-order valence-corrected chi connectivity index (χ3v) is 4.65. The Bertz CT molecular complexity index is 816. The maximum atomic E-state index is 13.5. The predicted molar refractivity (Wildman–Crippen MR) is 105 cm³/mol. The van der Waals surface area contributed by atoms with Crippen molar-refractivity contribution in [1.82, 2.24) is 0 Å². The minimum atomic E-state index is -0.228. The fraction of sp³-hybridized carbons (Fsp3) is 0.381. The van der Waals surface area contributed by atoms with Crippen molar-refractivity contribution in [2.45, 2.75) is 13.8 Å². The molecule has 0 spiro atoms. The molecule has 2 aromatic carbocycles. The monoisotopic (exact) mass is 390 g/mol. The van der Waals surface area contributed by atoms with Crippen molar-refractivity contribution in [3.8, 4) is 34.5 Å². The van der Waals surface area contributed by atoms with Gasteiger partial charge in [0.15, 0.2) is 28.8 Å². The molecular formula is C21H26O7. The van der Waals surface area contributed by atoms with E-state index >= 15 is 0 Å². The molecule has 0 aliphatic heterocycles. The van der Waals surface area contributed by atoms with Crippen LogP contribution in [0, 0.1) is 13.8 Å². The van der Waals surface area contributed by atoms with Crippen molar-refractivity contribution in [3.63, 3.8) is 0 Å². The Balaban J connectivity index is 2.77. The van der Waals surface area contributed by atoms with E-state index in [4.69, 9.17) is 28.4 Å². The van der Waals surface area contributed by atoms with E-state index in [0.717, 1.165) is 0 Å². The van der Waals surface area contributed by atoms with E-state index in [9.17, 15) is 4.79 Å². The smallest absolute Gasteiger partial charge is 0.203 e. The van der Waals surface area contributed by atoms with E-state index in [1.165, 1.54) is 42.7 Å². The van der Waals surface area contributed by atoms with E-state index in [1.54, 1.807) is 26.0 Å². The molecule has 0 saturated carbocycles. The van der Waals surface area contributed by atoms with E-state index in [2.05, 4.69) is 0 Å². The summed E-state index contributed by atoms with van der Waals surface area (Å²) in [5, 5.41) is 0. The summed E-state index contributed by atoms with van der Waals surface area (Å²) < 4.78 is 32.5. The SMILES string of the molecule is COc1cc(C(=O)c2cc(OC)c(OC)c(OC)c2C)c(C)c(OC)c1OC. The maximum Gasteiger partial charge on any atom is 0.203 e. The normalized spacial score (nSPS) is 10.3. The summed E-state index contributed by atoms with van der Waals surface area (Å²) in [7, 11) is 9.08. The lowest BCUT2D eigenvalue weighted by Gasteiger charge is -2.19. The molecule has 0 atom stereocenters. The molecule has 7 heteroatoms. The van der Waals surface area contributed by atoms with Gasteiger partial charge in [0.1, 0.15) is 0 Å². The topological polar surface area (TPSA) is 72.5 Å². The second-order valence-corrected chi connectivity index (χ2v) is 5.96. The summed E-state index contributed by atoms with van der Waals surface area (Å²) in [4.78, 5) is 13.5. The summed E-state index contributed by atoms with van der Waals surface area (Å²) in [6.07, 6.45) is 0. The molecule has 0 N–H and O–H groups in total. The van der Waals surface area contributed by atoms with Crippen LogP contribution in [0.25, 0.3) is 0 Å². The van der Waals surface area contributed by atoms with Gasteiger partial charge in [0.25, 0.3) is 0 Å². The zero-order valence-corrected chi connectivity index (χ0v) is 17.5. The highest BCUT2D eigenvalue weighted by Crippen LogP contribution is 2.45. The highest BCUT2D eigenvalue weighted by Gasteiger charge is 2.26. The summed E-state index contributed by atoms with van der Waals surface area (Å²) in [6, 6.07) is 3.28. The molecule has 0 aliphatic rings. The minimum Gasteiger partial charge on any atom is -0.493 e. The van der Waals surface area contributed by atoms with Crippen molar-refractivity contribution in [2.75, 3.05) is 42.7 Å². The third kappa shape index (κ3) is 3.40. The number of carbonyl (C=O) groups is 1. The molecule has 0 amide bonds. The van der Waals surface area contributed by atoms with Gasteiger partial charge in [0.05, 0.1) is 42.7 Å². The Kier molecular flexibility index (Phi) is 6.62. The molecule has 0 bridgehead atoms. The molecule has 0 aliphatic carbocycles. The lowest BCUT2D eigenvalue weighted by Crippen LogP contribution is -2.10. The average Bonchev–Trinajstić information content (AvgIpc) is 2.72. The molecule has 0 unspecified atom stereocenters. The Labute approximate surface area is 165 Å². The van der Waals surface area contributed by atoms with Crippen LogP contribution in [0.5, 0.6) is 34.5 Å². The summed E-state index contributed by atoms with van der Waals surface area (Å²) in [5.41, 5.74) is 2.12. The molecule has 0 saturated heterocycles. The van der Waals surface area contributed by atoms with Crippen LogP contribution in [-0.4, -0.2) is 48.4 Å². The van der Waals surface area contributed by atoms with Crippen molar-refractivity contribution in [3.05, 3.63) is 34.4 Å². The number of hydrogen-bond acceptors (Lipinski definition) is 7. The second-order valence-electron chi connectivity index (χ2n) is 5.96. The predicted octanol–water partition coefficient (Wildman–Crippen LogP) is 3.59. The van der Waals surface area contributed by atoms with Crippen LogP contribution in [-0.2, 0) is 0 Å². The van der Waals surface area contributed by atoms with Crippen LogP contribution in [0.15, 0.2) is 12.1 Å². The van der Waals surface area contributed by atoms with E-state index in [1.807, 2.05) is 0 Å². The molecular weight excluding hydrogens is 364 g/mol.